The molecule has 0 fully saturated rings. The molecule has 0 saturated carbocycles. The summed E-state index contributed by atoms with van der Waals surface area (Å²) in [4.78, 5) is 38.1. The average Bonchev–Trinajstić information content (AvgIpc) is 2.83. The van der Waals surface area contributed by atoms with E-state index in [0.29, 0.717) is 22.7 Å². The van der Waals surface area contributed by atoms with E-state index < -0.39 is 29.6 Å². The van der Waals surface area contributed by atoms with Gasteiger partial charge in [-0.25, -0.2) is 4.79 Å². The Hall–Kier alpha value is -3.79. The van der Waals surface area contributed by atoms with Crippen molar-refractivity contribution in [2.45, 2.75) is 25.0 Å². The van der Waals surface area contributed by atoms with Crippen LogP contribution in [0.15, 0.2) is 72.8 Å². The maximum absolute atomic E-state index is 13.5. The second kappa shape index (κ2) is 12.0. The van der Waals surface area contributed by atoms with Gasteiger partial charge < -0.3 is 26.6 Å². The molecule has 3 amide bonds. The Morgan fingerprint density at radius 3 is 2.16 bits per heavy atom. The van der Waals surface area contributed by atoms with Crippen LogP contribution in [-0.2, 0) is 16.0 Å². The van der Waals surface area contributed by atoms with Gasteiger partial charge >= 0.3 is 12.0 Å². The van der Waals surface area contributed by atoms with Gasteiger partial charge in [0.25, 0.3) is 5.91 Å². The van der Waals surface area contributed by atoms with E-state index in [-0.39, 0.29) is 23.0 Å². The first-order valence-corrected chi connectivity index (χ1v) is 11.9. The van der Waals surface area contributed by atoms with Gasteiger partial charge in [0.1, 0.15) is 11.8 Å². The Bertz CT molecular complexity index is 1250. The summed E-state index contributed by atoms with van der Waals surface area (Å²) in [5.74, 6) is -1.27. The predicted octanol–water partition coefficient (Wildman–Crippen LogP) is 4.31. The zero-order valence-corrected chi connectivity index (χ0v) is 21.4. The van der Waals surface area contributed by atoms with Crippen LogP contribution in [0.3, 0.4) is 0 Å². The van der Waals surface area contributed by atoms with Crippen LogP contribution < -0.4 is 26.4 Å². The molecule has 0 radical (unpaired) electrons. The van der Waals surface area contributed by atoms with Gasteiger partial charge in [-0.05, 0) is 61.4 Å². The molecular formula is C26H26Cl2N4O5. The standard InChI is InChI=1S/C26H26Cl2N4O5/c1-26(37-21-5-3-2-4-6-21,15-32(25(30)36)20-13-17(27)12-18(28)14-20)24(35)31-19-9-7-16(8-10-19)11-22(29)23(33)34/h2-10,12-14,22H,11,15,29H2,1H3,(H2,30,36)(H,31,35)(H,33,34)/t22-,26?/m0/s1. The zero-order valence-electron chi connectivity index (χ0n) is 19.9. The Balaban J connectivity index is 1.89. The molecule has 6 N–H and O–H groups in total. The molecule has 3 aromatic rings. The van der Waals surface area contributed by atoms with E-state index in [0.717, 1.165) is 4.90 Å². The molecule has 0 aromatic heterocycles. The van der Waals surface area contributed by atoms with Crippen molar-refractivity contribution in [1.29, 1.82) is 0 Å². The van der Waals surface area contributed by atoms with Crippen molar-refractivity contribution in [2.24, 2.45) is 11.5 Å². The van der Waals surface area contributed by atoms with Gasteiger partial charge in [-0.3, -0.25) is 14.5 Å². The smallest absolute Gasteiger partial charge is 0.320 e. The highest BCUT2D eigenvalue weighted by molar-refractivity contribution is 6.35. The maximum atomic E-state index is 13.5. The summed E-state index contributed by atoms with van der Waals surface area (Å²) in [5, 5.41) is 12.4. The average molecular weight is 545 g/mol. The molecule has 3 aromatic carbocycles. The first-order chi connectivity index (χ1) is 17.5. The van der Waals surface area contributed by atoms with Crippen LogP contribution in [0, 0.1) is 0 Å². The second-order valence-electron chi connectivity index (χ2n) is 8.50. The normalized spacial score (nSPS) is 13.2. The number of benzene rings is 3. The van der Waals surface area contributed by atoms with Gasteiger partial charge in [-0.2, -0.15) is 0 Å². The van der Waals surface area contributed by atoms with Gasteiger partial charge in [0.15, 0.2) is 0 Å². The van der Waals surface area contributed by atoms with Crippen LogP contribution in [0.1, 0.15) is 12.5 Å². The quantitative estimate of drug-likeness (QED) is 0.299. The zero-order chi connectivity index (χ0) is 27.2. The van der Waals surface area contributed by atoms with Crippen LogP contribution in [0.2, 0.25) is 10.0 Å². The second-order valence-corrected chi connectivity index (χ2v) is 9.37. The van der Waals surface area contributed by atoms with Crippen molar-refractivity contribution in [3.05, 3.63) is 88.4 Å². The van der Waals surface area contributed by atoms with Crippen molar-refractivity contribution in [3.8, 4) is 5.75 Å². The molecule has 9 nitrogen and oxygen atoms in total. The highest BCUT2D eigenvalue weighted by atomic mass is 35.5. The number of carboxylic acid groups (broad SMARTS) is 1. The van der Waals surface area contributed by atoms with E-state index in [9.17, 15) is 14.4 Å². The number of aliphatic carboxylic acids is 1. The van der Waals surface area contributed by atoms with Gasteiger partial charge in [0.2, 0.25) is 5.60 Å². The van der Waals surface area contributed by atoms with E-state index in [4.69, 9.17) is 44.5 Å². The molecule has 0 heterocycles. The molecule has 0 spiro atoms. The fraction of sp³-hybridized carbons (Fsp3) is 0.192. The van der Waals surface area contributed by atoms with Gasteiger partial charge in [0, 0.05) is 21.4 Å². The number of nitrogens with zero attached hydrogens (tertiary/aromatic N) is 1. The lowest BCUT2D eigenvalue weighted by Crippen LogP contribution is -2.56. The number of hydrogen-bond donors (Lipinski definition) is 4. The third kappa shape index (κ3) is 7.60. The minimum Gasteiger partial charge on any atom is -0.480 e. The molecule has 194 valence electrons. The maximum Gasteiger partial charge on any atom is 0.320 e. The van der Waals surface area contributed by atoms with E-state index in [1.54, 1.807) is 54.6 Å². The van der Waals surface area contributed by atoms with Crippen molar-refractivity contribution in [3.63, 3.8) is 0 Å². The third-order valence-electron chi connectivity index (χ3n) is 5.44. The highest BCUT2D eigenvalue weighted by Crippen LogP contribution is 2.29. The van der Waals surface area contributed by atoms with Gasteiger partial charge in [-0.15, -0.1) is 0 Å². The lowest BCUT2D eigenvalue weighted by atomic mass is 10.0. The molecule has 0 aliphatic carbocycles. The number of halogens is 2. The number of urea groups is 1. The Morgan fingerprint density at radius 1 is 1.03 bits per heavy atom. The number of carboxylic acids is 1. The number of primary amides is 1. The SMILES string of the molecule is CC(CN(C(N)=O)c1cc(Cl)cc(Cl)c1)(Oc1ccccc1)C(=O)Nc1ccc(C[C@H](N)C(=O)O)cc1. The predicted molar refractivity (Wildman–Crippen MR) is 143 cm³/mol. The van der Waals surface area contributed by atoms with Crippen LogP contribution in [-0.4, -0.2) is 41.2 Å². The highest BCUT2D eigenvalue weighted by Gasteiger charge is 2.39. The fourth-order valence-electron chi connectivity index (χ4n) is 3.52. The van der Waals surface area contributed by atoms with E-state index in [1.807, 2.05) is 0 Å². The molecule has 2 atom stereocenters. The first-order valence-electron chi connectivity index (χ1n) is 11.1. The van der Waals surface area contributed by atoms with Crippen molar-refractivity contribution in [1.82, 2.24) is 0 Å². The van der Waals surface area contributed by atoms with Crippen molar-refractivity contribution in [2.75, 3.05) is 16.8 Å². The molecule has 0 saturated heterocycles. The Kier molecular flexibility index (Phi) is 8.99. The minimum absolute atomic E-state index is 0.133. The fourth-order valence-corrected chi connectivity index (χ4v) is 4.04. The number of ether oxygens (including phenoxy) is 1. The number of nitrogens with one attached hydrogen (secondary N) is 1. The summed E-state index contributed by atoms with van der Waals surface area (Å²) in [6.45, 7) is 1.25. The largest absolute Gasteiger partial charge is 0.480 e. The van der Waals surface area contributed by atoms with Crippen LogP contribution in [0.25, 0.3) is 0 Å². The summed E-state index contributed by atoms with van der Waals surface area (Å²) in [6.07, 6.45) is 0.133. The number of amides is 3. The van der Waals surface area contributed by atoms with E-state index in [2.05, 4.69) is 5.32 Å². The van der Waals surface area contributed by atoms with Gasteiger partial charge in [0.05, 0.1) is 6.54 Å². The Morgan fingerprint density at radius 2 is 1.62 bits per heavy atom. The molecule has 3 rings (SSSR count). The molecule has 0 aliphatic heterocycles. The molecule has 1 unspecified atom stereocenters. The topological polar surface area (TPSA) is 148 Å². The van der Waals surface area contributed by atoms with Crippen LogP contribution in [0.5, 0.6) is 5.75 Å². The molecular weight excluding hydrogens is 519 g/mol. The molecule has 0 bridgehead atoms. The third-order valence-corrected chi connectivity index (χ3v) is 5.87. The summed E-state index contributed by atoms with van der Waals surface area (Å²) >= 11 is 12.2. The molecule has 0 aliphatic rings. The summed E-state index contributed by atoms with van der Waals surface area (Å²) in [5.41, 5.74) is 11.0. The number of para-hydroxylation sites is 1. The van der Waals surface area contributed by atoms with Crippen LogP contribution >= 0.6 is 23.2 Å². The number of nitrogens with two attached hydrogens (primary N) is 2. The van der Waals surface area contributed by atoms with Crippen molar-refractivity contribution < 1.29 is 24.2 Å². The number of carbonyl (C=O) groups excluding carboxylic acids is 2. The molecule has 37 heavy (non-hydrogen) atoms. The lowest BCUT2D eigenvalue weighted by Gasteiger charge is -2.34. The Labute approximate surface area is 223 Å². The minimum atomic E-state index is -1.62. The van der Waals surface area contributed by atoms with Crippen LogP contribution in [0.4, 0.5) is 16.2 Å². The summed E-state index contributed by atoms with van der Waals surface area (Å²) in [7, 11) is 0. The van der Waals surface area contributed by atoms with E-state index in [1.165, 1.54) is 25.1 Å². The lowest BCUT2D eigenvalue weighted by molar-refractivity contribution is -0.138. The first kappa shape index (κ1) is 27.8. The van der Waals surface area contributed by atoms with Gasteiger partial charge in [-0.1, -0.05) is 53.5 Å². The number of carbonyl (C=O) groups is 3. The monoisotopic (exact) mass is 544 g/mol. The van der Waals surface area contributed by atoms with E-state index >= 15 is 0 Å². The van der Waals surface area contributed by atoms with Crippen molar-refractivity contribution >= 4 is 52.5 Å². The summed E-state index contributed by atoms with van der Waals surface area (Å²) in [6, 6.07) is 17.8. The summed E-state index contributed by atoms with van der Waals surface area (Å²) < 4.78 is 6.09. The number of hydrogen-bond acceptors (Lipinski definition) is 5. The number of rotatable bonds is 10. The number of anilines is 2. The molecule has 11 heteroatoms.